The van der Waals surface area contributed by atoms with Gasteiger partial charge in [-0.1, -0.05) is 41.4 Å². The third kappa shape index (κ3) is 5.96. The van der Waals surface area contributed by atoms with Crippen LogP contribution in [0.1, 0.15) is 30.4 Å². The van der Waals surface area contributed by atoms with Crippen molar-refractivity contribution in [2.45, 2.75) is 31.8 Å². The van der Waals surface area contributed by atoms with E-state index in [1.54, 1.807) is 5.48 Å². The molecule has 0 aromatic heterocycles. The van der Waals surface area contributed by atoms with Gasteiger partial charge in [0.2, 0.25) is 5.91 Å². The van der Waals surface area contributed by atoms with Gasteiger partial charge in [0, 0.05) is 22.0 Å². The highest BCUT2D eigenvalue weighted by atomic mass is 79.9. The number of rotatable bonds is 8. The van der Waals surface area contributed by atoms with Crippen molar-refractivity contribution in [2.75, 3.05) is 6.61 Å². The Hall–Kier alpha value is -1.11. The van der Waals surface area contributed by atoms with Gasteiger partial charge < -0.3 is 4.74 Å². The van der Waals surface area contributed by atoms with Gasteiger partial charge in [-0.15, -0.1) is 0 Å². The molecule has 7 heteroatoms. The zero-order chi connectivity index (χ0) is 19.1. The Labute approximate surface area is 171 Å². The van der Waals surface area contributed by atoms with Gasteiger partial charge in [-0.2, -0.15) is 0 Å². The summed E-state index contributed by atoms with van der Waals surface area (Å²) >= 11 is 15.6. The molecular weight excluding hydrogens is 441 g/mol. The van der Waals surface area contributed by atoms with Gasteiger partial charge in [-0.25, -0.2) is 5.48 Å². The molecule has 2 atom stereocenters. The smallest absolute Gasteiger partial charge is 0.245 e. The first-order chi connectivity index (χ1) is 12.4. The number of carbonyl (C=O) groups is 1. The lowest BCUT2D eigenvalue weighted by atomic mass is 9.85. The van der Waals surface area contributed by atoms with E-state index < -0.39 is 12.0 Å². The first-order valence-electron chi connectivity index (χ1n) is 8.18. The van der Waals surface area contributed by atoms with E-state index in [9.17, 15) is 4.79 Å². The van der Waals surface area contributed by atoms with Crippen LogP contribution in [0.5, 0.6) is 0 Å². The van der Waals surface area contributed by atoms with Crippen molar-refractivity contribution in [1.82, 2.24) is 5.48 Å². The first kappa shape index (κ1) is 21.2. The average molecular weight is 461 g/mol. The molecule has 1 amide bonds. The Kier molecular flexibility index (Phi) is 8.38. The minimum absolute atomic E-state index is 0.0445. The standard InChI is InChI=1S/C19H20BrCl2NO3/c1-2-26-18(11-19(24)23-25)15(9-12-3-6-14(21)7-4-12)13-5-8-17(22)16(20)10-13/h3-8,10,15,18,25H,2,9,11H2,1H3,(H,23,24)/t15-,18-/m1/s1. The Morgan fingerprint density at radius 2 is 1.92 bits per heavy atom. The fraction of sp³-hybridized carbons (Fsp3) is 0.316. The molecule has 0 aliphatic heterocycles. The van der Waals surface area contributed by atoms with Crippen molar-refractivity contribution in [1.29, 1.82) is 0 Å². The van der Waals surface area contributed by atoms with Crippen molar-refractivity contribution in [3.63, 3.8) is 0 Å². The summed E-state index contributed by atoms with van der Waals surface area (Å²) in [6, 6.07) is 13.3. The van der Waals surface area contributed by atoms with Gasteiger partial charge in [0.25, 0.3) is 0 Å². The number of carbonyl (C=O) groups excluding carboxylic acids is 1. The van der Waals surface area contributed by atoms with Crippen LogP contribution in [-0.4, -0.2) is 23.8 Å². The highest BCUT2D eigenvalue weighted by Gasteiger charge is 2.27. The number of amides is 1. The molecule has 2 rings (SSSR count). The lowest BCUT2D eigenvalue weighted by Gasteiger charge is -2.27. The predicted octanol–water partition coefficient (Wildman–Crippen LogP) is 5.38. The zero-order valence-electron chi connectivity index (χ0n) is 14.2. The maximum atomic E-state index is 11.8. The molecule has 0 unspecified atom stereocenters. The minimum Gasteiger partial charge on any atom is -0.377 e. The molecule has 2 aromatic rings. The number of benzene rings is 2. The van der Waals surface area contributed by atoms with E-state index in [1.807, 2.05) is 49.4 Å². The second kappa shape index (κ2) is 10.3. The Balaban J connectivity index is 2.38. The normalized spacial score (nSPS) is 13.3. The lowest BCUT2D eigenvalue weighted by Crippen LogP contribution is -2.31. The molecule has 0 saturated carbocycles. The van der Waals surface area contributed by atoms with Gasteiger partial charge in [-0.05, 0) is 64.7 Å². The minimum atomic E-state index is -0.488. The zero-order valence-corrected chi connectivity index (χ0v) is 17.3. The van der Waals surface area contributed by atoms with E-state index in [1.165, 1.54) is 0 Å². The number of halogens is 3. The number of ether oxygens (including phenoxy) is 1. The molecule has 0 saturated heterocycles. The fourth-order valence-corrected chi connectivity index (χ4v) is 3.48. The van der Waals surface area contributed by atoms with Crippen LogP contribution in [0.2, 0.25) is 10.0 Å². The predicted molar refractivity (Wildman–Crippen MR) is 107 cm³/mol. The van der Waals surface area contributed by atoms with Crippen molar-refractivity contribution in [2.24, 2.45) is 0 Å². The topological polar surface area (TPSA) is 58.6 Å². The summed E-state index contributed by atoms with van der Waals surface area (Å²) in [4.78, 5) is 11.8. The summed E-state index contributed by atoms with van der Waals surface area (Å²) in [6.45, 7) is 2.33. The maximum Gasteiger partial charge on any atom is 0.245 e. The van der Waals surface area contributed by atoms with E-state index in [0.29, 0.717) is 23.1 Å². The molecule has 0 radical (unpaired) electrons. The SMILES string of the molecule is CCO[C@H](CC(=O)NO)[C@H](Cc1ccc(Cl)cc1)c1ccc(Cl)c(Br)c1. The number of hydrogen-bond acceptors (Lipinski definition) is 3. The van der Waals surface area contributed by atoms with E-state index in [-0.39, 0.29) is 12.3 Å². The third-order valence-electron chi connectivity index (χ3n) is 4.08. The Morgan fingerprint density at radius 1 is 1.23 bits per heavy atom. The number of hydrogen-bond donors (Lipinski definition) is 2. The molecule has 0 aliphatic rings. The molecule has 0 heterocycles. The number of nitrogens with one attached hydrogen (secondary N) is 1. The molecule has 2 aromatic carbocycles. The largest absolute Gasteiger partial charge is 0.377 e. The second-order valence-corrected chi connectivity index (χ2v) is 7.54. The molecule has 140 valence electrons. The monoisotopic (exact) mass is 459 g/mol. The summed E-state index contributed by atoms with van der Waals surface area (Å²) in [5, 5.41) is 10.2. The van der Waals surface area contributed by atoms with Crippen LogP contribution in [0, 0.1) is 0 Å². The second-order valence-electron chi connectivity index (χ2n) is 5.84. The van der Waals surface area contributed by atoms with Crippen molar-refractivity contribution < 1.29 is 14.7 Å². The van der Waals surface area contributed by atoms with Crippen LogP contribution in [0.4, 0.5) is 0 Å². The van der Waals surface area contributed by atoms with Crippen molar-refractivity contribution in [3.8, 4) is 0 Å². The van der Waals surface area contributed by atoms with Crippen LogP contribution in [-0.2, 0) is 16.0 Å². The average Bonchev–Trinajstić information content (AvgIpc) is 2.63. The molecule has 0 bridgehead atoms. The highest BCUT2D eigenvalue weighted by Crippen LogP contribution is 2.33. The Morgan fingerprint density at radius 3 is 2.50 bits per heavy atom. The first-order valence-corrected chi connectivity index (χ1v) is 9.73. The van der Waals surface area contributed by atoms with Gasteiger partial charge >= 0.3 is 0 Å². The molecule has 26 heavy (non-hydrogen) atoms. The van der Waals surface area contributed by atoms with E-state index >= 15 is 0 Å². The van der Waals surface area contributed by atoms with Crippen LogP contribution in [0.15, 0.2) is 46.9 Å². The van der Waals surface area contributed by atoms with Crippen molar-refractivity contribution >= 4 is 45.0 Å². The molecule has 0 aliphatic carbocycles. The van der Waals surface area contributed by atoms with Gasteiger partial charge in [-0.3, -0.25) is 10.0 Å². The lowest BCUT2D eigenvalue weighted by molar-refractivity contribution is -0.132. The summed E-state index contributed by atoms with van der Waals surface area (Å²) in [7, 11) is 0. The quantitative estimate of drug-likeness (QED) is 0.410. The molecule has 2 N–H and O–H groups in total. The van der Waals surface area contributed by atoms with Crippen LogP contribution in [0.3, 0.4) is 0 Å². The number of hydroxylamine groups is 1. The Bertz CT molecular complexity index is 740. The maximum absolute atomic E-state index is 11.8. The highest BCUT2D eigenvalue weighted by molar-refractivity contribution is 9.10. The molecule has 0 spiro atoms. The van der Waals surface area contributed by atoms with E-state index in [2.05, 4.69) is 15.9 Å². The van der Waals surface area contributed by atoms with Gasteiger partial charge in [0.05, 0.1) is 17.5 Å². The van der Waals surface area contributed by atoms with E-state index in [0.717, 1.165) is 15.6 Å². The van der Waals surface area contributed by atoms with Crippen LogP contribution >= 0.6 is 39.1 Å². The fourth-order valence-electron chi connectivity index (χ4n) is 2.84. The summed E-state index contributed by atoms with van der Waals surface area (Å²) in [5.74, 6) is -0.598. The van der Waals surface area contributed by atoms with Crippen molar-refractivity contribution in [3.05, 3.63) is 68.1 Å². The van der Waals surface area contributed by atoms with Crippen LogP contribution < -0.4 is 5.48 Å². The molecular formula is C19H20BrCl2NO3. The summed E-state index contributed by atoms with van der Waals surface area (Å²) in [6.07, 6.45) is 0.285. The van der Waals surface area contributed by atoms with Crippen LogP contribution in [0.25, 0.3) is 0 Å². The van der Waals surface area contributed by atoms with E-state index in [4.69, 9.17) is 33.1 Å². The molecule has 0 fully saturated rings. The van der Waals surface area contributed by atoms with Gasteiger partial charge in [0.1, 0.15) is 0 Å². The molecule has 4 nitrogen and oxygen atoms in total. The third-order valence-corrected chi connectivity index (χ3v) is 5.55. The summed E-state index contributed by atoms with van der Waals surface area (Å²) in [5.41, 5.74) is 3.74. The summed E-state index contributed by atoms with van der Waals surface area (Å²) < 4.78 is 6.63. The van der Waals surface area contributed by atoms with Gasteiger partial charge in [0.15, 0.2) is 0 Å².